The highest BCUT2D eigenvalue weighted by Crippen LogP contribution is 1.95. The predicted octanol–water partition coefficient (Wildman–Crippen LogP) is 1.66. The molecule has 0 amide bonds. The van der Waals surface area contributed by atoms with E-state index in [0.29, 0.717) is 6.42 Å². The van der Waals surface area contributed by atoms with Crippen LogP contribution in [0.2, 0.25) is 0 Å². The quantitative estimate of drug-likeness (QED) is 0.522. The van der Waals surface area contributed by atoms with Crippen LogP contribution in [0.3, 0.4) is 0 Å². The van der Waals surface area contributed by atoms with Crippen LogP contribution in [0.25, 0.3) is 0 Å². The Kier molecular flexibility index (Phi) is 6.39. The lowest BCUT2D eigenvalue weighted by atomic mass is 10.4. The molecule has 0 aromatic carbocycles. The maximum Gasteiger partial charge on any atom is 0.139 e. The van der Waals surface area contributed by atoms with Gasteiger partial charge in [0.2, 0.25) is 0 Å². The van der Waals surface area contributed by atoms with Crippen LogP contribution in [0.4, 0.5) is 4.39 Å². The van der Waals surface area contributed by atoms with Gasteiger partial charge in [0, 0.05) is 20.3 Å². The monoisotopic (exact) mass is 200 g/mol. The first-order valence-corrected chi connectivity index (χ1v) is 4.35. The highest BCUT2D eigenvalue weighted by atomic mass is 19.1. The summed E-state index contributed by atoms with van der Waals surface area (Å²) in [6.07, 6.45) is 4.77. The third-order valence-corrected chi connectivity index (χ3v) is 1.46. The fourth-order valence-corrected chi connectivity index (χ4v) is 0.680. The van der Waals surface area contributed by atoms with Gasteiger partial charge in [0.25, 0.3) is 0 Å². The summed E-state index contributed by atoms with van der Waals surface area (Å²) >= 11 is 0. The van der Waals surface area contributed by atoms with Crippen molar-refractivity contribution in [3.05, 3.63) is 24.7 Å². The summed E-state index contributed by atoms with van der Waals surface area (Å²) in [6.45, 7) is 5.35. The van der Waals surface area contributed by atoms with E-state index in [1.54, 1.807) is 19.2 Å². The lowest BCUT2D eigenvalue weighted by molar-refractivity contribution is -0.00445. The molecular formula is C9H17FN4. The van der Waals surface area contributed by atoms with Gasteiger partial charge >= 0.3 is 0 Å². The van der Waals surface area contributed by atoms with E-state index in [1.165, 1.54) is 17.4 Å². The predicted molar refractivity (Wildman–Crippen MR) is 56.8 cm³/mol. The molecule has 5 heteroatoms. The van der Waals surface area contributed by atoms with E-state index in [9.17, 15) is 4.39 Å². The van der Waals surface area contributed by atoms with E-state index in [0.717, 1.165) is 6.21 Å². The van der Waals surface area contributed by atoms with Crippen LogP contribution in [0.15, 0.2) is 29.8 Å². The van der Waals surface area contributed by atoms with Gasteiger partial charge in [-0.05, 0) is 12.5 Å². The van der Waals surface area contributed by atoms with Gasteiger partial charge in [-0.1, -0.05) is 13.5 Å². The molecule has 0 unspecified atom stereocenters. The topological polar surface area (TPSA) is 30.9 Å². The Bertz CT molecular complexity index is 225. The molecule has 0 aliphatic rings. The van der Waals surface area contributed by atoms with Crippen LogP contribution in [-0.4, -0.2) is 30.5 Å². The first kappa shape index (κ1) is 12.6. The van der Waals surface area contributed by atoms with Gasteiger partial charge in [0.15, 0.2) is 0 Å². The normalized spacial score (nSPS) is 12.2. The fourth-order valence-electron chi connectivity index (χ4n) is 0.680. The van der Waals surface area contributed by atoms with Gasteiger partial charge in [-0.3, -0.25) is 0 Å². The van der Waals surface area contributed by atoms with Gasteiger partial charge in [-0.2, -0.15) is 5.10 Å². The molecule has 0 heterocycles. The SMILES string of the molecule is C=CNN(C)N(C)/N=C/C(F)=C\CC. The Labute approximate surface area is 84.3 Å². The molecule has 0 aromatic heterocycles. The van der Waals surface area contributed by atoms with Crippen molar-refractivity contribution in [1.82, 2.24) is 15.7 Å². The second kappa shape index (κ2) is 7.08. The fraction of sp³-hybridized carbons (Fsp3) is 0.444. The largest absolute Gasteiger partial charge is 0.308 e. The summed E-state index contributed by atoms with van der Waals surface area (Å²) in [7, 11) is 3.42. The minimum absolute atomic E-state index is 0.341. The standard InChI is InChI=1S/C9H17FN4/c1-5-7-9(10)8-12-14(4)13(3)11-6-2/h6-8,11H,2,5H2,1,3-4H3/b9-7+,12-8+. The number of hydrogen-bond acceptors (Lipinski definition) is 4. The molecule has 0 saturated carbocycles. The van der Waals surface area contributed by atoms with E-state index in [1.807, 2.05) is 6.92 Å². The van der Waals surface area contributed by atoms with Crippen molar-refractivity contribution in [1.29, 1.82) is 0 Å². The van der Waals surface area contributed by atoms with Crippen LogP contribution < -0.4 is 5.43 Å². The average Bonchev–Trinajstić information content (AvgIpc) is 2.15. The Hall–Kier alpha value is -1.36. The summed E-state index contributed by atoms with van der Waals surface area (Å²) in [5.41, 5.74) is 2.77. The summed E-state index contributed by atoms with van der Waals surface area (Å²) in [5.74, 6) is -0.341. The number of halogens is 1. The maximum atomic E-state index is 12.8. The molecule has 0 saturated heterocycles. The van der Waals surface area contributed by atoms with Crippen LogP contribution >= 0.6 is 0 Å². The first-order valence-electron chi connectivity index (χ1n) is 4.35. The molecular weight excluding hydrogens is 183 g/mol. The number of hydrazone groups is 1. The van der Waals surface area contributed by atoms with Crippen LogP contribution in [0, 0.1) is 0 Å². The Morgan fingerprint density at radius 3 is 2.71 bits per heavy atom. The third kappa shape index (κ3) is 5.31. The van der Waals surface area contributed by atoms with Crippen molar-refractivity contribution < 1.29 is 4.39 Å². The van der Waals surface area contributed by atoms with E-state index in [2.05, 4.69) is 17.1 Å². The summed E-state index contributed by atoms with van der Waals surface area (Å²) in [5, 5.41) is 6.85. The van der Waals surface area contributed by atoms with Crippen molar-refractivity contribution in [2.45, 2.75) is 13.3 Å². The lowest BCUT2D eigenvalue weighted by Crippen LogP contribution is -2.40. The number of nitrogens with zero attached hydrogens (tertiary/aromatic N) is 3. The molecule has 0 radical (unpaired) electrons. The molecule has 0 fully saturated rings. The molecule has 0 aromatic rings. The molecule has 80 valence electrons. The number of nitrogens with one attached hydrogen (secondary N) is 1. The number of allylic oxidation sites excluding steroid dienone is 2. The third-order valence-electron chi connectivity index (χ3n) is 1.46. The van der Waals surface area contributed by atoms with Crippen LogP contribution in [0.1, 0.15) is 13.3 Å². The van der Waals surface area contributed by atoms with Gasteiger partial charge in [-0.15, -0.1) is 5.12 Å². The zero-order chi connectivity index (χ0) is 11.0. The molecule has 0 rings (SSSR count). The highest BCUT2D eigenvalue weighted by Gasteiger charge is 1.97. The summed E-state index contributed by atoms with van der Waals surface area (Å²) in [4.78, 5) is 0. The van der Waals surface area contributed by atoms with E-state index in [4.69, 9.17) is 0 Å². The van der Waals surface area contributed by atoms with E-state index in [-0.39, 0.29) is 5.83 Å². The van der Waals surface area contributed by atoms with Gasteiger partial charge in [0.1, 0.15) is 5.83 Å². The van der Waals surface area contributed by atoms with Crippen molar-refractivity contribution in [3.63, 3.8) is 0 Å². The van der Waals surface area contributed by atoms with Gasteiger partial charge < -0.3 is 5.43 Å². The van der Waals surface area contributed by atoms with Crippen molar-refractivity contribution in [2.75, 3.05) is 14.1 Å². The Balaban J connectivity index is 4.09. The van der Waals surface area contributed by atoms with Crippen molar-refractivity contribution in [3.8, 4) is 0 Å². The number of hydrazine groups is 2. The maximum absolute atomic E-state index is 12.8. The molecule has 0 aliphatic heterocycles. The van der Waals surface area contributed by atoms with Gasteiger partial charge in [0.05, 0.1) is 6.21 Å². The highest BCUT2D eigenvalue weighted by molar-refractivity contribution is 5.75. The molecule has 0 atom stereocenters. The Morgan fingerprint density at radius 1 is 1.57 bits per heavy atom. The van der Waals surface area contributed by atoms with E-state index >= 15 is 0 Å². The number of hydrogen-bond donors (Lipinski definition) is 1. The van der Waals surface area contributed by atoms with Crippen LogP contribution in [0.5, 0.6) is 0 Å². The minimum Gasteiger partial charge on any atom is -0.308 e. The number of rotatable bonds is 6. The van der Waals surface area contributed by atoms with E-state index < -0.39 is 0 Å². The summed E-state index contributed by atoms with van der Waals surface area (Å²) < 4.78 is 12.8. The zero-order valence-electron chi connectivity index (χ0n) is 8.87. The Morgan fingerprint density at radius 2 is 2.21 bits per heavy atom. The zero-order valence-corrected chi connectivity index (χ0v) is 8.87. The van der Waals surface area contributed by atoms with Crippen molar-refractivity contribution in [2.24, 2.45) is 5.10 Å². The second-order valence-corrected chi connectivity index (χ2v) is 2.59. The minimum atomic E-state index is -0.341. The van der Waals surface area contributed by atoms with Gasteiger partial charge in [-0.25, -0.2) is 9.51 Å². The molecule has 0 spiro atoms. The van der Waals surface area contributed by atoms with Crippen molar-refractivity contribution >= 4 is 6.21 Å². The molecule has 0 aliphatic carbocycles. The first-order chi connectivity index (χ1) is 6.61. The summed E-state index contributed by atoms with van der Waals surface area (Å²) in [6, 6.07) is 0. The molecule has 4 nitrogen and oxygen atoms in total. The molecule has 14 heavy (non-hydrogen) atoms. The molecule has 0 bridgehead atoms. The smallest absolute Gasteiger partial charge is 0.139 e. The molecule has 1 N–H and O–H groups in total. The lowest BCUT2D eigenvalue weighted by Gasteiger charge is -2.24. The second-order valence-electron chi connectivity index (χ2n) is 2.59. The average molecular weight is 200 g/mol. The van der Waals surface area contributed by atoms with Crippen LogP contribution in [-0.2, 0) is 0 Å².